The first-order chi connectivity index (χ1) is 14.2. The number of aryl methyl sites for hydroxylation is 1. The van der Waals surface area contributed by atoms with Crippen molar-refractivity contribution in [3.05, 3.63) is 65.2 Å². The van der Waals surface area contributed by atoms with Crippen LogP contribution in [0.3, 0.4) is 0 Å². The lowest BCUT2D eigenvalue weighted by Gasteiger charge is -2.23. The van der Waals surface area contributed by atoms with Crippen LogP contribution in [0, 0.1) is 6.92 Å². The standard InChI is InChI=1S/C22H24F3N3O2/c1-16-5-2-6-17(13-16)21(30)28-10-4-9-27(11-12-28)20(29)15-26-19-8-3-7-18(14-19)22(23,24)25/h2-3,5-8,13-14,26H,4,9-12,15H2,1H3. The molecule has 2 amide bonds. The maximum absolute atomic E-state index is 12.8. The molecule has 0 radical (unpaired) electrons. The van der Waals surface area contributed by atoms with Crippen molar-refractivity contribution in [1.82, 2.24) is 9.80 Å². The zero-order valence-corrected chi connectivity index (χ0v) is 16.7. The van der Waals surface area contributed by atoms with Gasteiger partial charge in [-0.1, -0.05) is 23.8 Å². The molecule has 2 aromatic carbocycles. The number of benzene rings is 2. The monoisotopic (exact) mass is 419 g/mol. The van der Waals surface area contributed by atoms with Gasteiger partial charge in [0.1, 0.15) is 0 Å². The normalized spacial score (nSPS) is 14.9. The van der Waals surface area contributed by atoms with Gasteiger partial charge in [0.2, 0.25) is 5.91 Å². The molecule has 2 aromatic rings. The highest BCUT2D eigenvalue weighted by Gasteiger charge is 2.30. The van der Waals surface area contributed by atoms with Gasteiger partial charge in [-0.2, -0.15) is 13.2 Å². The largest absolute Gasteiger partial charge is 0.416 e. The number of carbonyl (C=O) groups is 2. The molecule has 1 saturated heterocycles. The first kappa shape index (κ1) is 21.7. The van der Waals surface area contributed by atoms with Crippen molar-refractivity contribution in [3.63, 3.8) is 0 Å². The van der Waals surface area contributed by atoms with E-state index in [1.165, 1.54) is 12.1 Å². The summed E-state index contributed by atoms with van der Waals surface area (Å²) in [5.74, 6) is -0.271. The third-order valence-corrected chi connectivity index (χ3v) is 5.03. The summed E-state index contributed by atoms with van der Waals surface area (Å²) in [6.45, 7) is 3.69. The van der Waals surface area contributed by atoms with E-state index < -0.39 is 11.7 Å². The second kappa shape index (κ2) is 9.19. The number of rotatable bonds is 4. The number of halogens is 3. The van der Waals surface area contributed by atoms with E-state index in [2.05, 4.69) is 5.32 Å². The van der Waals surface area contributed by atoms with Crippen molar-refractivity contribution in [1.29, 1.82) is 0 Å². The lowest BCUT2D eigenvalue weighted by Crippen LogP contribution is -2.39. The quantitative estimate of drug-likeness (QED) is 0.820. The first-order valence-electron chi connectivity index (χ1n) is 9.79. The highest BCUT2D eigenvalue weighted by atomic mass is 19.4. The van der Waals surface area contributed by atoms with Gasteiger partial charge in [-0.3, -0.25) is 9.59 Å². The zero-order chi connectivity index (χ0) is 21.7. The fourth-order valence-electron chi connectivity index (χ4n) is 3.43. The van der Waals surface area contributed by atoms with E-state index in [0.717, 1.165) is 17.7 Å². The number of hydrogen-bond donors (Lipinski definition) is 1. The Bertz CT molecular complexity index is 914. The van der Waals surface area contributed by atoms with Crippen LogP contribution in [0.2, 0.25) is 0 Å². The lowest BCUT2D eigenvalue weighted by atomic mass is 10.1. The Morgan fingerprint density at radius 2 is 1.67 bits per heavy atom. The maximum atomic E-state index is 12.8. The second-order valence-corrected chi connectivity index (χ2v) is 7.33. The summed E-state index contributed by atoms with van der Waals surface area (Å²) < 4.78 is 38.4. The molecule has 0 aromatic heterocycles. The van der Waals surface area contributed by atoms with Crippen LogP contribution < -0.4 is 5.32 Å². The molecule has 1 aliphatic rings. The molecule has 1 heterocycles. The van der Waals surface area contributed by atoms with E-state index >= 15 is 0 Å². The molecule has 160 valence electrons. The van der Waals surface area contributed by atoms with Gasteiger partial charge in [-0.25, -0.2) is 0 Å². The lowest BCUT2D eigenvalue weighted by molar-refractivity contribution is -0.137. The molecule has 1 aliphatic heterocycles. The molecule has 0 atom stereocenters. The van der Waals surface area contributed by atoms with Crippen molar-refractivity contribution in [2.45, 2.75) is 19.5 Å². The molecule has 8 heteroatoms. The van der Waals surface area contributed by atoms with Gasteiger partial charge in [-0.15, -0.1) is 0 Å². The number of amides is 2. The van der Waals surface area contributed by atoms with Gasteiger partial charge in [0.05, 0.1) is 12.1 Å². The molecule has 3 rings (SSSR count). The van der Waals surface area contributed by atoms with Crippen molar-refractivity contribution in [3.8, 4) is 0 Å². The van der Waals surface area contributed by atoms with Crippen LogP contribution in [0.5, 0.6) is 0 Å². The summed E-state index contributed by atoms with van der Waals surface area (Å²) in [4.78, 5) is 28.6. The average molecular weight is 419 g/mol. The van der Waals surface area contributed by atoms with E-state index in [1.807, 2.05) is 25.1 Å². The van der Waals surface area contributed by atoms with Crippen molar-refractivity contribution in [2.75, 3.05) is 38.0 Å². The van der Waals surface area contributed by atoms with Crippen LogP contribution in [0.4, 0.5) is 18.9 Å². The molecule has 0 saturated carbocycles. The number of anilines is 1. The topological polar surface area (TPSA) is 52.7 Å². The van der Waals surface area contributed by atoms with Gasteiger partial charge in [-0.05, 0) is 43.7 Å². The number of carbonyl (C=O) groups excluding carboxylic acids is 2. The van der Waals surface area contributed by atoms with Gasteiger partial charge in [0.15, 0.2) is 0 Å². The number of nitrogens with zero attached hydrogens (tertiary/aromatic N) is 2. The highest BCUT2D eigenvalue weighted by molar-refractivity contribution is 5.94. The van der Waals surface area contributed by atoms with E-state index in [4.69, 9.17) is 0 Å². The number of nitrogens with one attached hydrogen (secondary N) is 1. The summed E-state index contributed by atoms with van der Waals surface area (Å²) in [7, 11) is 0. The Morgan fingerprint density at radius 1 is 0.967 bits per heavy atom. The third-order valence-electron chi connectivity index (χ3n) is 5.03. The molecule has 1 N–H and O–H groups in total. The van der Waals surface area contributed by atoms with Crippen LogP contribution in [0.15, 0.2) is 48.5 Å². The Balaban J connectivity index is 1.55. The fraction of sp³-hybridized carbons (Fsp3) is 0.364. The molecule has 5 nitrogen and oxygen atoms in total. The Labute approximate surface area is 173 Å². The predicted molar refractivity (Wildman–Crippen MR) is 108 cm³/mol. The van der Waals surface area contributed by atoms with Crippen molar-refractivity contribution >= 4 is 17.5 Å². The predicted octanol–water partition coefficient (Wildman–Crippen LogP) is 3.80. The van der Waals surface area contributed by atoms with Gasteiger partial charge in [0, 0.05) is 37.4 Å². The summed E-state index contributed by atoms with van der Waals surface area (Å²) in [5, 5.41) is 2.77. The molecule has 0 bridgehead atoms. The van der Waals surface area contributed by atoms with Crippen LogP contribution in [-0.4, -0.2) is 54.3 Å². The smallest absolute Gasteiger partial charge is 0.376 e. The van der Waals surface area contributed by atoms with Crippen molar-refractivity contribution in [2.24, 2.45) is 0 Å². The molecular formula is C22H24F3N3O2. The fourth-order valence-corrected chi connectivity index (χ4v) is 3.43. The maximum Gasteiger partial charge on any atom is 0.416 e. The van der Waals surface area contributed by atoms with Crippen LogP contribution in [0.1, 0.15) is 27.9 Å². The van der Waals surface area contributed by atoms with E-state index in [9.17, 15) is 22.8 Å². The third kappa shape index (κ3) is 5.52. The number of hydrogen-bond acceptors (Lipinski definition) is 3. The SMILES string of the molecule is Cc1cccc(C(=O)N2CCCN(C(=O)CNc3cccc(C(F)(F)F)c3)CC2)c1. The van der Waals surface area contributed by atoms with Crippen molar-refractivity contribution < 1.29 is 22.8 Å². The summed E-state index contributed by atoms with van der Waals surface area (Å²) in [5.41, 5.74) is 1.11. The minimum absolute atomic E-state index is 0.0601. The highest BCUT2D eigenvalue weighted by Crippen LogP contribution is 2.30. The minimum Gasteiger partial charge on any atom is -0.376 e. The molecular weight excluding hydrogens is 395 g/mol. The van der Waals surface area contributed by atoms with Crippen LogP contribution in [-0.2, 0) is 11.0 Å². The summed E-state index contributed by atoms with van der Waals surface area (Å²) >= 11 is 0. The minimum atomic E-state index is -4.43. The Morgan fingerprint density at radius 3 is 2.40 bits per heavy atom. The molecule has 0 aliphatic carbocycles. The second-order valence-electron chi connectivity index (χ2n) is 7.33. The zero-order valence-electron chi connectivity index (χ0n) is 16.7. The van der Waals surface area contributed by atoms with Gasteiger partial charge < -0.3 is 15.1 Å². The molecule has 30 heavy (non-hydrogen) atoms. The molecule has 0 spiro atoms. The number of alkyl halides is 3. The molecule has 1 fully saturated rings. The van der Waals surface area contributed by atoms with Gasteiger partial charge in [0.25, 0.3) is 5.91 Å². The summed E-state index contributed by atoms with van der Waals surface area (Å²) in [6, 6.07) is 12.2. The Kier molecular flexibility index (Phi) is 6.64. The summed E-state index contributed by atoms with van der Waals surface area (Å²) in [6.07, 6.45) is -3.79. The van der Waals surface area contributed by atoms with E-state index in [0.29, 0.717) is 38.2 Å². The Hall–Kier alpha value is -3.03. The average Bonchev–Trinajstić information content (AvgIpc) is 2.97. The van der Waals surface area contributed by atoms with Crippen LogP contribution in [0.25, 0.3) is 0 Å². The van der Waals surface area contributed by atoms with Gasteiger partial charge >= 0.3 is 6.18 Å². The van der Waals surface area contributed by atoms with E-state index in [1.54, 1.807) is 15.9 Å². The van der Waals surface area contributed by atoms with E-state index in [-0.39, 0.29) is 24.0 Å². The molecule has 0 unspecified atom stereocenters. The van der Waals surface area contributed by atoms with Crippen LogP contribution >= 0.6 is 0 Å². The first-order valence-corrected chi connectivity index (χ1v) is 9.79.